The Labute approximate surface area is 137 Å². The predicted octanol–water partition coefficient (Wildman–Crippen LogP) is 5.72. The van der Waals surface area contributed by atoms with Crippen LogP contribution in [-0.4, -0.2) is 22.8 Å². The number of hydrogen-bond donors (Lipinski definition) is 2. The molecule has 0 fully saturated rings. The third-order valence-corrected chi connectivity index (χ3v) is 3.47. The van der Waals surface area contributed by atoms with Crippen molar-refractivity contribution in [1.29, 1.82) is 0 Å². The molecule has 0 atom stereocenters. The fourth-order valence-electron chi connectivity index (χ4n) is 2.01. The molecule has 0 aliphatic rings. The normalized spacial score (nSPS) is 10.5. The molecule has 132 valence electrons. The Morgan fingerprint density at radius 1 is 0.773 bits per heavy atom. The zero-order valence-corrected chi connectivity index (χ0v) is 14.9. The van der Waals surface area contributed by atoms with Gasteiger partial charge in [-0.2, -0.15) is 0 Å². The van der Waals surface area contributed by atoms with Gasteiger partial charge >= 0.3 is 5.97 Å². The molecule has 0 heterocycles. The summed E-state index contributed by atoms with van der Waals surface area (Å²) in [6.07, 6.45) is 20.5. The molecule has 0 saturated heterocycles. The van der Waals surface area contributed by atoms with Gasteiger partial charge in [0.05, 0.1) is 0 Å². The summed E-state index contributed by atoms with van der Waals surface area (Å²) in [4.78, 5) is 9.37. The Hall–Kier alpha value is -0.830. The molecule has 3 nitrogen and oxygen atoms in total. The van der Waals surface area contributed by atoms with Crippen LogP contribution in [0.4, 0.5) is 0 Å². The van der Waals surface area contributed by atoms with Crippen molar-refractivity contribution < 1.29 is 15.0 Å². The highest BCUT2D eigenvalue weighted by atomic mass is 16.4. The second-order valence-electron chi connectivity index (χ2n) is 5.70. The number of aliphatic carboxylic acids is 1. The summed E-state index contributed by atoms with van der Waals surface area (Å²) in [6.45, 7) is 4.22. The maximum atomic E-state index is 9.37. The van der Waals surface area contributed by atoms with Crippen LogP contribution in [0.2, 0.25) is 0 Å². The number of hydrogen-bond acceptors (Lipinski definition) is 2. The SMILES string of the molecule is CCC(=O)O.CCCCCCC=CCCCCCCCCO. The first kappa shape index (κ1) is 23.4. The lowest BCUT2D eigenvalue weighted by molar-refractivity contribution is -0.136. The van der Waals surface area contributed by atoms with Crippen LogP contribution in [0.25, 0.3) is 0 Å². The standard InChI is InChI=1S/C16H32O.C3H6O2/c1-2-3-4-5-6-7-8-9-10-11-12-13-14-15-16-17;1-2-3(4)5/h7-8,17H,2-6,9-16H2,1H3;2H2,1H3,(H,4,5). The van der Waals surface area contributed by atoms with Crippen molar-refractivity contribution in [3.05, 3.63) is 12.2 Å². The van der Waals surface area contributed by atoms with E-state index in [9.17, 15) is 4.79 Å². The number of aliphatic hydroxyl groups excluding tert-OH is 1. The molecule has 0 aliphatic carbocycles. The largest absolute Gasteiger partial charge is 0.481 e. The fraction of sp³-hybridized carbons (Fsp3) is 0.842. The maximum absolute atomic E-state index is 9.37. The van der Waals surface area contributed by atoms with E-state index in [1.54, 1.807) is 6.92 Å². The van der Waals surface area contributed by atoms with Crippen LogP contribution in [0, 0.1) is 0 Å². The van der Waals surface area contributed by atoms with E-state index in [-0.39, 0.29) is 6.42 Å². The van der Waals surface area contributed by atoms with Crippen LogP contribution in [0.3, 0.4) is 0 Å². The molecule has 0 bridgehead atoms. The molecule has 0 saturated carbocycles. The van der Waals surface area contributed by atoms with E-state index in [1.165, 1.54) is 70.6 Å². The zero-order valence-electron chi connectivity index (χ0n) is 14.9. The smallest absolute Gasteiger partial charge is 0.303 e. The van der Waals surface area contributed by atoms with Gasteiger partial charge in [0.1, 0.15) is 0 Å². The first-order valence-electron chi connectivity index (χ1n) is 9.16. The molecule has 0 amide bonds. The van der Waals surface area contributed by atoms with E-state index in [4.69, 9.17) is 10.2 Å². The third kappa shape index (κ3) is 27.5. The topological polar surface area (TPSA) is 57.5 Å². The molecule has 3 heteroatoms. The lowest BCUT2D eigenvalue weighted by Crippen LogP contribution is -1.86. The van der Waals surface area contributed by atoms with Crippen LogP contribution >= 0.6 is 0 Å². The summed E-state index contributed by atoms with van der Waals surface area (Å²) < 4.78 is 0. The first-order chi connectivity index (χ1) is 10.7. The van der Waals surface area contributed by atoms with Crippen molar-refractivity contribution in [2.45, 2.75) is 97.3 Å². The number of carboxylic acid groups (broad SMARTS) is 1. The van der Waals surface area contributed by atoms with Crippen molar-refractivity contribution in [3.63, 3.8) is 0 Å². The van der Waals surface area contributed by atoms with Crippen molar-refractivity contribution in [2.75, 3.05) is 6.61 Å². The van der Waals surface area contributed by atoms with Crippen LogP contribution in [0.5, 0.6) is 0 Å². The van der Waals surface area contributed by atoms with Gasteiger partial charge in [0.2, 0.25) is 0 Å². The van der Waals surface area contributed by atoms with E-state index in [0.29, 0.717) is 6.61 Å². The van der Waals surface area contributed by atoms with Gasteiger partial charge in [-0.25, -0.2) is 0 Å². The molecule has 0 rings (SSSR count). The van der Waals surface area contributed by atoms with Crippen LogP contribution < -0.4 is 0 Å². The van der Waals surface area contributed by atoms with Gasteiger partial charge in [-0.3, -0.25) is 4.79 Å². The van der Waals surface area contributed by atoms with E-state index >= 15 is 0 Å². The molecule has 0 aromatic carbocycles. The molecule has 22 heavy (non-hydrogen) atoms. The summed E-state index contributed by atoms with van der Waals surface area (Å²) in [5.74, 6) is -0.745. The highest BCUT2D eigenvalue weighted by Gasteiger charge is 1.89. The van der Waals surface area contributed by atoms with Gasteiger partial charge in [-0.05, 0) is 32.1 Å². The third-order valence-electron chi connectivity index (χ3n) is 3.47. The van der Waals surface area contributed by atoms with Crippen LogP contribution in [0.1, 0.15) is 97.3 Å². The molecule has 0 spiro atoms. The number of allylic oxidation sites excluding steroid dienone is 2. The molecular formula is C19H38O3. The summed E-state index contributed by atoms with van der Waals surface area (Å²) >= 11 is 0. The summed E-state index contributed by atoms with van der Waals surface area (Å²) in [5.41, 5.74) is 0. The average Bonchev–Trinajstić information content (AvgIpc) is 2.52. The van der Waals surface area contributed by atoms with Gasteiger partial charge in [-0.1, -0.05) is 70.9 Å². The minimum Gasteiger partial charge on any atom is -0.481 e. The number of unbranched alkanes of at least 4 members (excludes halogenated alkanes) is 10. The van der Waals surface area contributed by atoms with Gasteiger partial charge in [-0.15, -0.1) is 0 Å². The molecule has 2 N–H and O–H groups in total. The monoisotopic (exact) mass is 314 g/mol. The Balaban J connectivity index is 0. The molecule has 0 unspecified atom stereocenters. The van der Waals surface area contributed by atoms with E-state index in [2.05, 4.69) is 19.1 Å². The number of aliphatic hydroxyl groups is 1. The fourth-order valence-corrected chi connectivity index (χ4v) is 2.01. The van der Waals surface area contributed by atoms with Gasteiger partial charge in [0.25, 0.3) is 0 Å². The van der Waals surface area contributed by atoms with Crippen molar-refractivity contribution >= 4 is 5.97 Å². The minimum absolute atomic E-state index is 0.222. The van der Waals surface area contributed by atoms with Gasteiger partial charge in [0.15, 0.2) is 0 Å². The quantitative estimate of drug-likeness (QED) is 0.318. The molecule has 0 aromatic rings. The summed E-state index contributed by atoms with van der Waals surface area (Å²) in [5, 5.41) is 16.4. The van der Waals surface area contributed by atoms with E-state index in [1.807, 2.05) is 0 Å². The van der Waals surface area contributed by atoms with E-state index in [0.717, 1.165) is 6.42 Å². The second kappa shape index (κ2) is 22.5. The van der Waals surface area contributed by atoms with Crippen molar-refractivity contribution in [2.24, 2.45) is 0 Å². The lowest BCUT2D eigenvalue weighted by Gasteiger charge is -1.98. The second-order valence-corrected chi connectivity index (χ2v) is 5.70. The van der Waals surface area contributed by atoms with Gasteiger partial charge in [0, 0.05) is 13.0 Å². The molecule has 0 aromatic heterocycles. The Morgan fingerprint density at radius 2 is 1.18 bits per heavy atom. The van der Waals surface area contributed by atoms with Crippen molar-refractivity contribution in [1.82, 2.24) is 0 Å². The minimum atomic E-state index is -0.745. The zero-order chi connectivity index (χ0) is 16.9. The molecule has 0 aliphatic heterocycles. The number of rotatable bonds is 14. The number of carboxylic acids is 1. The Kier molecular flexibility index (Phi) is 23.9. The maximum Gasteiger partial charge on any atom is 0.303 e. The summed E-state index contributed by atoms with van der Waals surface area (Å²) in [6, 6.07) is 0. The Morgan fingerprint density at radius 3 is 1.59 bits per heavy atom. The Bertz CT molecular complexity index is 237. The lowest BCUT2D eigenvalue weighted by atomic mass is 10.1. The predicted molar refractivity (Wildman–Crippen MR) is 95.2 cm³/mol. The average molecular weight is 315 g/mol. The van der Waals surface area contributed by atoms with E-state index < -0.39 is 5.97 Å². The first-order valence-corrected chi connectivity index (χ1v) is 9.16. The summed E-state index contributed by atoms with van der Waals surface area (Å²) in [7, 11) is 0. The number of carbonyl (C=O) groups is 1. The van der Waals surface area contributed by atoms with Crippen LogP contribution in [-0.2, 0) is 4.79 Å². The highest BCUT2D eigenvalue weighted by molar-refractivity contribution is 5.66. The van der Waals surface area contributed by atoms with Gasteiger partial charge < -0.3 is 10.2 Å². The van der Waals surface area contributed by atoms with Crippen LogP contribution in [0.15, 0.2) is 12.2 Å². The highest BCUT2D eigenvalue weighted by Crippen LogP contribution is 2.08. The molecular weight excluding hydrogens is 276 g/mol. The van der Waals surface area contributed by atoms with Crippen molar-refractivity contribution in [3.8, 4) is 0 Å². The molecule has 0 radical (unpaired) electrons.